The standard InChI is InChI=1S/C15H24N4O/c1-7-19-12(5)15(11(4)18-19)10(3)16-8-14-17-9(2)13(6)20-14/h10,16H,7-8H2,1-6H3. The van der Waals surface area contributed by atoms with Crippen LogP contribution in [-0.2, 0) is 13.1 Å². The summed E-state index contributed by atoms with van der Waals surface area (Å²) in [5.74, 6) is 1.63. The summed E-state index contributed by atoms with van der Waals surface area (Å²) in [6, 6.07) is 0.225. The summed E-state index contributed by atoms with van der Waals surface area (Å²) in [5, 5.41) is 8.03. The van der Waals surface area contributed by atoms with Gasteiger partial charge in [0, 0.05) is 23.8 Å². The first-order valence-electron chi connectivity index (χ1n) is 7.14. The Bertz CT molecular complexity index is 578. The van der Waals surface area contributed by atoms with Crippen molar-refractivity contribution < 1.29 is 4.42 Å². The smallest absolute Gasteiger partial charge is 0.208 e. The molecule has 0 amide bonds. The van der Waals surface area contributed by atoms with Gasteiger partial charge in [0.05, 0.1) is 17.9 Å². The maximum absolute atomic E-state index is 5.59. The molecule has 1 atom stereocenters. The highest BCUT2D eigenvalue weighted by Crippen LogP contribution is 2.21. The van der Waals surface area contributed by atoms with Crippen molar-refractivity contribution in [2.75, 3.05) is 0 Å². The molecule has 5 nitrogen and oxygen atoms in total. The highest BCUT2D eigenvalue weighted by molar-refractivity contribution is 5.27. The van der Waals surface area contributed by atoms with Crippen molar-refractivity contribution in [2.24, 2.45) is 0 Å². The zero-order chi connectivity index (χ0) is 14.9. The molecule has 0 fully saturated rings. The lowest BCUT2D eigenvalue weighted by atomic mass is 10.1. The van der Waals surface area contributed by atoms with Gasteiger partial charge in [-0.1, -0.05) is 0 Å². The van der Waals surface area contributed by atoms with Crippen LogP contribution in [0.25, 0.3) is 0 Å². The van der Waals surface area contributed by atoms with E-state index in [-0.39, 0.29) is 6.04 Å². The van der Waals surface area contributed by atoms with Gasteiger partial charge in [0.25, 0.3) is 0 Å². The Morgan fingerprint density at radius 2 is 1.90 bits per heavy atom. The Balaban J connectivity index is 2.08. The van der Waals surface area contributed by atoms with Gasteiger partial charge in [0.2, 0.25) is 5.89 Å². The molecule has 20 heavy (non-hydrogen) atoms. The number of hydrogen-bond donors (Lipinski definition) is 1. The van der Waals surface area contributed by atoms with Crippen molar-refractivity contribution in [3.63, 3.8) is 0 Å². The van der Waals surface area contributed by atoms with Crippen LogP contribution in [0, 0.1) is 27.7 Å². The van der Waals surface area contributed by atoms with Crippen LogP contribution in [0.3, 0.4) is 0 Å². The van der Waals surface area contributed by atoms with Crippen LogP contribution < -0.4 is 5.32 Å². The molecule has 5 heteroatoms. The van der Waals surface area contributed by atoms with Crippen molar-refractivity contribution >= 4 is 0 Å². The lowest BCUT2D eigenvalue weighted by Gasteiger charge is -2.13. The molecule has 110 valence electrons. The third-order valence-corrected chi connectivity index (χ3v) is 3.80. The molecular formula is C15H24N4O. The third-order valence-electron chi connectivity index (χ3n) is 3.80. The van der Waals surface area contributed by atoms with Gasteiger partial charge in [-0.25, -0.2) is 4.98 Å². The number of oxazole rings is 1. The number of nitrogens with zero attached hydrogens (tertiary/aromatic N) is 3. The molecule has 0 aliphatic carbocycles. The molecule has 1 unspecified atom stereocenters. The van der Waals surface area contributed by atoms with Gasteiger partial charge in [-0.3, -0.25) is 4.68 Å². The highest BCUT2D eigenvalue weighted by atomic mass is 16.4. The summed E-state index contributed by atoms with van der Waals surface area (Å²) in [6.07, 6.45) is 0. The third kappa shape index (κ3) is 2.77. The van der Waals surface area contributed by atoms with Crippen molar-refractivity contribution in [1.29, 1.82) is 0 Å². The second-order valence-electron chi connectivity index (χ2n) is 5.25. The van der Waals surface area contributed by atoms with Crippen LogP contribution >= 0.6 is 0 Å². The molecule has 0 saturated carbocycles. The van der Waals surface area contributed by atoms with Crippen molar-refractivity contribution in [1.82, 2.24) is 20.1 Å². The molecule has 2 heterocycles. The van der Waals surface area contributed by atoms with E-state index in [2.05, 4.69) is 43.1 Å². The van der Waals surface area contributed by atoms with E-state index in [4.69, 9.17) is 4.42 Å². The highest BCUT2D eigenvalue weighted by Gasteiger charge is 2.17. The molecule has 0 aliphatic heterocycles. The van der Waals surface area contributed by atoms with Crippen LogP contribution in [0.2, 0.25) is 0 Å². The summed E-state index contributed by atoms with van der Waals surface area (Å²) in [4.78, 5) is 4.39. The fourth-order valence-electron chi connectivity index (χ4n) is 2.60. The number of nitrogens with one attached hydrogen (secondary N) is 1. The van der Waals surface area contributed by atoms with Gasteiger partial charge in [-0.15, -0.1) is 0 Å². The summed E-state index contributed by atoms with van der Waals surface area (Å²) in [7, 11) is 0. The summed E-state index contributed by atoms with van der Waals surface area (Å²) in [6.45, 7) is 13.9. The van der Waals surface area contributed by atoms with Crippen LogP contribution in [-0.4, -0.2) is 14.8 Å². The maximum Gasteiger partial charge on any atom is 0.208 e. The Kier molecular flexibility index (Phi) is 4.28. The van der Waals surface area contributed by atoms with Crippen molar-refractivity contribution in [3.8, 4) is 0 Å². The normalized spacial score (nSPS) is 12.9. The number of aromatic nitrogens is 3. The fourth-order valence-corrected chi connectivity index (χ4v) is 2.60. The number of rotatable bonds is 5. The Labute approximate surface area is 120 Å². The molecule has 2 aromatic heterocycles. The zero-order valence-electron chi connectivity index (χ0n) is 13.2. The molecule has 0 radical (unpaired) electrons. The van der Waals surface area contributed by atoms with E-state index >= 15 is 0 Å². The maximum atomic E-state index is 5.59. The van der Waals surface area contributed by atoms with Crippen LogP contribution in [0.5, 0.6) is 0 Å². The first-order valence-corrected chi connectivity index (χ1v) is 7.14. The van der Waals surface area contributed by atoms with E-state index in [9.17, 15) is 0 Å². The van der Waals surface area contributed by atoms with Gasteiger partial charge in [-0.2, -0.15) is 5.10 Å². The summed E-state index contributed by atoms with van der Waals surface area (Å²) >= 11 is 0. The molecule has 1 N–H and O–H groups in total. The monoisotopic (exact) mass is 276 g/mol. The van der Waals surface area contributed by atoms with E-state index in [1.165, 1.54) is 11.3 Å². The van der Waals surface area contributed by atoms with Gasteiger partial charge in [0.15, 0.2) is 0 Å². The second-order valence-corrected chi connectivity index (χ2v) is 5.25. The van der Waals surface area contributed by atoms with Crippen molar-refractivity contribution in [2.45, 2.75) is 60.7 Å². The first kappa shape index (κ1) is 14.8. The fraction of sp³-hybridized carbons (Fsp3) is 0.600. The van der Waals surface area contributed by atoms with Crippen LogP contribution in [0.4, 0.5) is 0 Å². The SMILES string of the molecule is CCn1nc(C)c(C(C)NCc2nc(C)c(C)o2)c1C. The molecule has 0 bridgehead atoms. The van der Waals surface area contributed by atoms with Gasteiger partial charge >= 0.3 is 0 Å². The molecule has 2 rings (SSSR count). The number of hydrogen-bond acceptors (Lipinski definition) is 4. The predicted molar refractivity (Wildman–Crippen MR) is 78.6 cm³/mol. The largest absolute Gasteiger partial charge is 0.444 e. The molecule has 2 aromatic rings. The Morgan fingerprint density at radius 1 is 1.20 bits per heavy atom. The Hall–Kier alpha value is -1.62. The molecule has 0 aromatic carbocycles. The van der Waals surface area contributed by atoms with Crippen LogP contribution in [0.15, 0.2) is 4.42 Å². The zero-order valence-corrected chi connectivity index (χ0v) is 13.2. The second kappa shape index (κ2) is 5.79. The minimum Gasteiger partial charge on any atom is -0.444 e. The molecular weight excluding hydrogens is 252 g/mol. The van der Waals surface area contributed by atoms with E-state index in [1.807, 2.05) is 18.5 Å². The minimum absolute atomic E-state index is 0.225. The van der Waals surface area contributed by atoms with Gasteiger partial charge in [-0.05, 0) is 41.5 Å². The van der Waals surface area contributed by atoms with Gasteiger partial charge in [0.1, 0.15) is 5.76 Å². The van der Waals surface area contributed by atoms with E-state index < -0.39 is 0 Å². The first-order chi connectivity index (χ1) is 9.43. The predicted octanol–water partition coefficient (Wildman–Crippen LogP) is 2.98. The lowest BCUT2D eigenvalue weighted by molar-refractivity contribution is 0.431. The average Bonchev–Trinajstić information content (AvgIpc) is 2.87. The Morgan fingerprint density at radius 3 is 2.40 bits per heavy atom. The topological polar surface area (TPSA) is 55.9 Å². The number of aryl methyl sites for hydroxylation is 4. The van der Waals surface area contributed by atoms with E-state index in [0.717, 1.165) is 29.6 Å². The lowest BCUT2D eigenvalue weighted by Crippen LogP contribution is -2.19. The minimum atomic E-state index is 0.225. The molecule has 0 saturated heterocycles. The van der Waals surface area contributed by atoms with E-state index in [0.29, 0.717) is 6.54 Å². The van der Waals surface area contributed by atoms with E-state index in [1.54, 1.807) is 0 Å². The summed E-state index contributed by atoms with van der Waals surface area (Å²) < 4.78 is 7.64. The molecule has 0 aliphatic rings. The van der Waals surface area contributed by atoms with Crippen LogP contribution in [0.1, 0.15) is 54.2 Å². The van der Waals surface area contributed by atoms with Gasteiger partial charge < -0.3 is 9.73 Å². The quantitative estimate of drug-likeness (QED) is 0.912. The molecule has 0 spiro atoms. The van der Waals surface area contributed by atoms with Crippen molar-refractivity contribution in [3.05, 3.63) is 34.3 Å². The average molecular weight is 276 g/mol. The summed E-state index contributed by atoms with van der Waals surface area (Å²) in [5.41, 5.74) is 4.54.